The van der Waals surface area contributed by atoms with Gasteiger partial charge in [-0.25, -0.2) is 9.97 Å². The first-order valence-corrected chi connectivity index (χ1v) is 8.11. The van der Waals surface area contributed by atoms with Gasteiger partial charge < -0.3 is 9.72 Å². The summed E-state index contributed by atoms with van der Waals surface area (Å²) in [5.41, 5.74) is 4.24. The van der Waals surface area contributed by atoms with E-state index in [0.717, 1.165) is 16.6 Å². The molecule has 128 valence electrons. The van der Waals surface area contributed by atoms with Crippen LogP contribution in [0.1, 0.15) is 5.56 Å². The highest BCUT2D eigenvalue weighted by atomic mass is 35.5. The summed E-state index contributed by atoms with van der Waals surface area (Å²) in [6, 6.07) is 11.0. The topological polar surface area (TPSA) is 92.4 Å². The third kappa shape index (κ3) is 2.57. The van der Waals surface area contributed by atoms with Crippen molar-refractivity contribution in [2.45, 2.75) is 0 Å². The molecule has 0 aliphatic heterocycles. The van der Waals surface area contributed by atoms with E-state index < -0.39 is 0 Å². The molecule has 0 aliphatic carbocycles. The summed E-state index contributed by atoms with van der Waals surface area (Å²) >= 11 is 5.87. The van der Waals surface area contributed by atoms with Gasteiger partial charge in [0.25, 0.3) is 0 Å². The molecule has 26 heavy (non-hydrogen) atoms. The van der Waals surface area contributed by atoms with E-state index >= 15 is 0 Å². The fraction of sp³-hybridized carbons (Fsp3) is 0.111. The molecule has 0 unspecified atom stereocenters. The van der Waals surface area contributed by atoms with E-state index in [0.29, 0.717) is 33.7 Å². The molecular formula is C18H13ClN6O. The minimum atomic E-state index is 0.412. The molecule has 0 aliphatic rings. The number of ether oxygens (including phenoxy) is 1. The van der Waals surface area contributed by atoms with Crippen LogP contribution >= 0.6 is 11.6 Å². The number of imidazole rings is 1. The lowest BCUT2D eigenvalue weighted by Gasteiger charge is -2.03. The number of nitrogens with one attached hydrogen (secondary N) is 1. The standard InChI is InChI=1S/C18H13ClN6O/c1-25-16(18-22-12-5-3-10(8-20)7-13(12)23-18)17(26-2)15(24-25)11-4-6-14(19)21-9-11/h3-7,9H,1-2H3,(H,22,23). The number of aryl methyl sites for hydroxylation is 1. The SMILES string of the molecule is COc1c(-c2ccc(Cl)nc2)nn(C)c1-c1nc2ccc(C#N)cc2[nH]1. The summed E-state index contributed by atoms with van der Waals surface area (Å²) in [5, 5.41) is 14.0. The number of aromatic nitrogens is 5. The third-order valence-electron chi connectivity index (χ3n) is 4.04. The molecule has 1 aromatic carbocycles. The van der Waals surface area contributed by atoms with Crippen molar-refractivity contribution in [3.05, 3.63) is 47.2 Å². The molecule has 0 bridgehead atoms. The molecule has 3 heterocycles. The average molecular weight is 365 g/mol. The highest BCUT2D eigenvalue weighted by Crippen LogP contribution is 2.37. The fourth-order valence-corrected chi connectivity index (χ4v) is 2.97. The smallest absolute Gasteiger partial charge is 0.176 e. The first-order chi connectivity index (χ1) is 12.6. The lowest BCUT2D eigenvalue weighted by atomic mass is 10.2. The number of fused-ring (bicyclic) bond motifs is 1. The third-order valence-corrected chi connectivity index (χ3v) is 4.27. The Bertz CT molecular complexity index is 1150. The Morgan fingerprint density at radius 3 is 2.81 bits per heavy atom. The van der Waals surface area contributed by atoms with E-state index in [4.69, 9.17) is 21.6 Å². The Labute approximate surface area is 153 Å². The number of methoxy groups -OCH3 is 1. The van der Waals surface area contributed by atoms with E-state index in [1.54, 1.807) is 42.3 Å². The van der Waals surface area contributed by atoms with Gasteiger partial charge in [-0.15, -0.1) is 0 Å². The molecule has 1 N–H and O–H groups in total. The van der Waals surface area contributed by atoms with Gasteiger partial charge in [-0.05, 0) is 30.3 Å². The molecule has 0 amide bonds. The van der Waals surface area contributed by atoms with Gasteiger partial charge in [0.05, 0.1) is 29.8 Å². The molecule has 0 saturated heterocycles. The van der Waals surface area contributed by atoms with Crippen molar-refractivity contribution >= 4 is 22.6 Å². The van der Waals surface area contributed by atoms with Gasteiger partial charge in [0.15, 0.2) is 11.6 Å². The van der Waals surface area contributed by atoms with Crippen molar-refractivity contribution in [1.82, 2.24) is 24.7 Å². The molecule has 4 aromatic rings. The lowest BCUT2D eigenvalue weighted by Crippen LogP contribution is -1.96. The van der Waals surface area contributed by atoms with Crippen molar-refractivity contribution in [2.75, 3.05) is 7.11 Å². The Morgan fingerprint density at radius 2 is 2.12 bits per heavy atom. The van der Waals surface area contributed by atoms with Gasteiger partial charge >= 0.3 is 0 Å². The fourth-order valence-electron chi connectivity index (χ4n) is 2.85. The predicted molar refractivity (Wildman–Crippen MR) is 97.8 cm³/mol. The van der Waals surface area contributed by atoms with Crippen LogP contribution in [0.25, 0.3) is 33.8 Å². The van der Waals surface area contributed by atoms with Gasteiger partial charge in [-0.3, -0.25) is 4.68 Å². The van der Waals surface area contributed by atoms with E-state index in [1.165, 1.54) is 0 Å². The van der Waals surface area contributed by atoms with Crippen LogP contribution in [0.3, 0.4) is 0 Å². The summed E-state index contributed by atoms with van der Waals surface area (Å²) < 4.78 is 7.32. The number of hydrogen-bond donors (Lipinski definition) is 1. The maximum absolute atomic E-state index is 9.06. The Kier molecular flexibility index (Phi) is 3.82. The van der Waals surface area contributed by atoms with Gasteiger partial charge in [0, 0.05) is 18.8 Å². The van der Waals surface area contributed by atoms with Gasteiger partial charge in [0.2, 0.25) is 0 Å². The second-order valence-corrected chi connectivity index (χ2v) is 6.04. The van der Waals surface area contributed by atoms with Crippen LogP contribution in [0.2, 0.25) is 5.15 Å². The molecule has 0 atom stereocenters. The number of rotatable bonds is 3. The van der Waals surface area contributed by atoms with Crippen LogP contribution in [0.5, 0.6) is 5.75 Å². The maximum Gasteiger partial charge on any atom is 0.176 e. The average Bonchev–Trinajstić information content (AvgIpc) is 3.21. The quantitative estimate of drug-likeness (QED) is 0.561. The number of pyridine rings is 1. The number of nitrogens with zero attached hydrogens (tertiary/aromatic N) is 5. The van der Waals surface area contributed by atoms with Crippen LogP contribution in [0, 0.1) is 11.3 Å². The summed E-state index contributed by atoms with van der Waals surface area (Å²) in [6.07, 6.45) is 1.65. The first-order valence-electron chi connectivity index (χ1n) is 7.74. The highest BCUT2D eigenvalue weighted by Gasteiger charge is 2.22. The Hall–Kier alpha value is -3.37. The zero-order valence-electron chi connectivity index (χ0n) is 14.0. The number of hydrogen-bond acceptors (Lipinski definition) is 5. The largest absolute Gasteiger partial charge is 0.492 e. The molecule has 0 saturated carbocycles. The number of H-pyrrole nitrogens is 1. The molecule has 0 fully saturated rings. The van der Waals surface area contributed by atoms with Gasteiger partial charge in [-0.1, -0.05) is 11.6 Å². The first kappa shape index (κ1) is 16.1. The molecule has 0 spiro atoms. The number of nitriles is 1. The number of halogens is 1. The zero-order valence-corrected chi connectivity index (χ0v) is 14.7. The summed E-state index contributed by atoms with van der Waals surface area (Å²) in [5.74, 6) is 1.19. The minimum Gasteiger partial charge on any atom is -0.492 e. The van der Waals surface area contributed by atoms with E-state index in [1.807, 2.05) is 13.1 Å². The summed E-state index contributed by atoms with van der Waals surface area (Å²) in [4.78, 5) is 11.9. The van der Waals surface area contributed by atoms with Crippen LogP contribution in [-0.2, 0) is 7.05 Å². The van der Waals surface area contributed by atoms with E-state index in [9.17, 15) is 0 Å². The van der Waals surface area contributed by atoms with E-state index in [2.05, 4.69) is 26.1 Å². The van der Waals surface area contributed by atoms with Crippen LogP contribution in [0.15, 0.2) is 36.5 Å². The van der Waals surface area contributed by atoms with E-state index in [-0.39, 0.29) is 0 Å². The minimum absolute atomic E-state index is 0.412. The van der Waals surface area contributed by atoms with Crippen molar-refractivity contribution < 1.29 is 4.74 Å². The molecule has 7 nitrogen and oxygen atoms in total. The van der Waals surface area contributed by atoms with Crippen molar-refractivity contribution in [3.8, 4) is 34.6 Å². The molecular weight excluding hydrogens is 352 g/mol. The monoisotopic (exact) mass is 364 g/mol. The van der Waals surface area contributed by atoms with Crippen LogP contribution < -0.4 is 4.74 Å². The summed E-state index contributed by atoms with van der Waals surface area (Å²) in [7, 11) is 3.41. The molecule has 3 aromatic heterocycles. The normalized spacial score (nSPS) is 10.8. The lowest BCUT2D eigenvalue weighted by molar-refractivity contribution is 0.417. The second-order valence-electron chi connectivity index (χ2n) is 5.65. The summed E-state index contributed by atoms with van der Waals surface area (Å²) in [6.45, 7) is 0. The Balaban J connectivity index is 1.89. The molecule has 0 radical (unpaired) electrons. The second kappa shape index (κ2) is 6.17. The van der Waals surface area contributed by atoms with Crippen molar-refractivity contribution in [2.24, 2.45) is 7.05 Å². The number of benzene rings is 1. The molecule has 4 rings (SSSR count). The van der Waals surface area contributed by atoms with Crippen LogP contribution in [-0.4, -0.2) is 31.8 Å². The van der Waals surface area contributed by atoms with Gasteiger partial charge in [-0.2, -0.15) is 10.4 Å². The zero-order chi connectivity index (χ0) is 18.3. The van der Waals surface area contributed by atoms with Crippen molar-refractivity contribution in [3.63, 3.8) is 0 Å². The number of aromatic amines is 1. The maximum atomic E-state index is 9.06. The molecule has 8 heteroatoms. The highest BCUT2D eigenvalue weighted by molar-refractivity contribution is 6.29. The Morgan fingerprint density at radius 1 is 1.27 bits per heavy atom. The van der Waals surface area contributed by atoms with Gasteiger partial charge in [0.1, 0.15) is 16.5 Å². The van der Waals surface area contributed by atoms with Crippen LogP contribution in [0.4, 0.5) is 0 Å². The predicted octanol–water partition coefficient (Wildman–Crippen LogP) is 3.56. The van der Waals surface area contributed by atoms with Crippen molar-refractivity contribution in [1.29, 1.82) is 5.26 Å².